The van der Waals surface area contributed by atoms with Gasteiger partial charge in [-0.05, 0) is 42.5 Å². The Morgan fingerprint density at radius 1 is 0.889 bits per heavy atom. The van der Waals surface area contributed by atoms with E-state index in [9.17, 15) is 9.59 Å². The summed E-state index contributed by atoms with van der Waals surface area (Å²) in [7, 11) is 0. The van der Waals surface area contributed by atoms with E-state index in [0.29, 0.717) is 42.7 Å². The van der Waals surface area contributed by atoms with E-state index in [-0.39, 0.29) is 25.0 Å². The summed E-state index contributed by atoms with van der Waals surface area (Å²) in [6.45, 7) is 2.72. The molecule has 1 unspecified atom stereocenters. The predicted octanol–water partition coefficient (Wildman–Crippen LogP) is 4.45. The highest BCUT2D eigenvalue weighted by Crippen LogP contribution is 2.48. The maximum atomic E-state index is 13.6. The number of benzene rings is 3. The second kappa shape index (κ2) is 9.69. The zero-order chi connectivity index (χ0) is 24.6. The van der Waals surface area contributed by atoms with Crippen LogP contribution in [-0.2, 0) is 9.59 Å². The molecule has 0 saturated carbocycles. The Morgan fingerprint density at radius 3 is 2.44 bits per heavy atom. The zero-order valence-electron chi connectivity index (χ0n) is 19.4. The first-order valence-electron chi connectivity index (χ1n) is 11.9. The molecule has 0 bridgehead atoms. The molecule has 0 aliphatic carbocycles. The quantitative estimate of drug-likeness (QED) is 0.507. The smallest absolute Gasteiger partial charge is 0.267 e. The first kappa shape index (κ1) is 23.2. The van der Waals surface area contributed by atoms with Crippen molar-refractivity contribution in [2.24, 2.45) is 0 Å². The van der Waals surface area contributed by atoms with Gasteiger partial charge in [0.2, 0.25) is 12.0 Å². The largest absolute Gasteiger partial charge is 0.485 e. The molecule has 184 valence electrons. The van der Waals surface area contributed by atoms with Crippen LogP contribution in [0.15, 0.2) is 76.5 Å². The molecule has 7 nitrogen and oxygen atoms in total. The molecule has 0 N–H and O–H groups in total. The van der Waals surface area contributed by atoms with Crippen molar-refractivity contribution in [3.63, 3.8) is 0 Å². The number of ether oxygens (including phenoxy) is 2. The van der Waals surface area contributed by atoms with Crippen LogP contribution in [0.25, 0.3) is 0 Å². The standard InChI is InChI=1S/C27H24ClN3O4S/c28-18-9-10-25-20(15-18)31(19-5-1-4-8-24(19)36-25)26(32)16-29-11-13-30(14-12-29)27(33)23-17-34-21-6-2-3-7-22(21)35-23/h1-10,15,23H,11-14,16-17H2. The van der Waals surface area contributed by atoms with Crippen LogP contribution in [0.1, 0.15) is 0 Å². The van der Waals surface area contributed by atoms with Crippen molar-refractivity contribution in [2.45, 2.75) is 15.9 Å². The molecule has 3 heterocycles. The minimum absolute atomic E-state index is 0.0216. The van der Waals surface area contributed by atoms with Gasteiger partial charge in [-0.1, -0.05) is 47.6 Å². The summed E-state index contributed by atoms with van der Waals surface area (Å²) < 4.78 is 11.6. The highest BCUT2D eigenvalue weighted by atomic mass is 35.5. The minimum atomic E-state index is -0.656. The second-order valence-corrected chi connectivity index (χ2v) is 10.4. The van der Waals surface area contributed by atoms with Gasteiger partial charge in [0, 0.05) is 41.0 Å². The van der Waals surface area contributed by atoms with Crippen molar-refractivity contribution in [2.75, 3.05) is 44.2 Å². The van der Waals surface area contributed by atoms with Gasteiger partial charge < -0.3 is 14.4 Å². The highest BCUT2D eigenvalue weighted by molar-refractivity contribution is 7.99. The number of piperazine rings is 1. The molecule has 0 spiro atoms. The van der Waals surface area contributed by atoms with Crippen molar-refractivity contribution in [1.82, 2.24) is 9.80 Å². The fourth-order valence-corrected chi connectivity index (χ4v) is 5.93. The molecule has 36 heavy (non-hydrogen) atoms. The van der Waals surface area contributed by atoms with E-state index in [0.717, 1.165) is 21.2 Å². The van der Waals surface area contributed by atoms with E-state index in [2.05, 4.69) is 4.90 Å². The molecule has 1 saturated heterocycles. The third-order valence-corrected chi connectivity index (χ3v) is 7.93. The SMILES string of the molecule is O=C(C1COc2ccccc2O1)N1CCN(CC(=O)N2c3ccccc3Sc3ccc(Cl)cc32)CC1. The lowest BCUT2D eigenvalue weighted by Crippen LogP contribution is -2.55. The summed E-state index contributed by atoms with van der Waals surface area (Å²) in [5.41, 5.74) is 1.67. The Morgan fingerprint density at radius 2 is 1.61 bits per heavy atom. The molecule has 1 atom stereocenters. The van der Waals surface area contributed by atoms with Crippen molar-refractivity contribution in [3.8, 4) is 11.5 Å². The van der Waals surface area contributed by atoms with Crippen LogP contribution in [0, 0.1) is 0 Å². The third-order valence-electron chi connectivity index (χ3n) is 6.56. The number of hydrogen-bond donors (Lipinski definition) is 0. The summed E-state index contributed by atoms with van der Waals surface area (Å²) in [4.78, 5) is 34.3. The number of carbonyl (C=O) groups excluding carboxylic acids is 2. The normalized spacial score (nSPS) is 18.9. The molecule has 0 aromatic heterocycles. The molecular formula is C27H24ClN3O4S. The van der Waals surface area contributed by atoms with Crippen molar-refractivity contribution < 1.29 is 19.1 Å². The van der Waals surface area contributed by atoms with Gasteiger partial charge in [0.25, 0.3) is 5.91 Å². The average Bonchev–Trinajstić information content (AvgIpc) is 2.91. The van der Waals surface area contributed by atoms with Crippen LogP contribution in [0.3, 0.4) is 0 Å². The molecule has 6 rings (SSSR count). The topological polar surface area (TPSA) is 62.3 Å². The fourth-order valence-electron chi connectivity index (χ4n) is 4.73. The van der Waals surface area contributed by atoms with Gasteiger partial charge in [0.1, 0.15) is 6.61 Å². The van der Waals surface area contributed by atoms with Crippen molar-refractivity contribution >= 4 is 46.6 Å². The monoisotopic (exact) mass is 521 g/mol. The van der Waals surface area contributed by atoms with E-state index in [1.807, 2.05) is 60.7 Å². The Kier molecular flexibility index (Phi) is 6.25. The van der Waals surface area contributed by atoms with Crippen LogP contribution < -0.4 is 14.4 Å². The fraction of sp³-hybridized carbons (Fsp3) is 0.259. The molecule has 3 aliphatic heterocycles. The minimum Gasteiger partial charge on any atom is -0.485 e. The van der Waals surface area contributed by atoms with Crippen LogP contribution in [-0.4, -0.2) is 67.0 Å². The van der Waals surface area contributed by atoms with Crippen molar-refractivity contribution in [1.29, 1.82) is 0 Å². The summed E-state index contributed by atoms with van der Waals surface area (Å²) in [5.74, 6) is 1.14. The Hall–Kier alpha value is -3.20. The van der Waals surface area contributed by atoms with Gasteiger partial charge in [-0.3, -0.25) is 19.4 Å². The molecule has 3 aromatic rings. The lowest BCUT2D eigenvalue weighted by atomic mass is 10.2. The molecule has 0 radical (unpaired) electrons. The maximum Gasteiger partial charge on any atom is 0.267 e. The maximum absolute atomic E-state index is 13.6. The van der Waals surface area contributed by atoms with Crippen LogP contribution >= 0.6 is 23.4 Å². The van der Waals surface area contributed by atoms with Gasteiger partial charge >= 0.3 is 0 Å². The molecular weight excluding hydrogens is 498 g/mol. The number of fused-ring (bicyclic) bond motifs is 3. The molecule has 3 aliphatic rings. The van der Waals surface area contributed by atoms with Gasteiger partial charge in [-0.2, -0.15) is 0 Å². The van der Waals surface area contributed by atoms with Gasteiger partial charge in [0.15, 0.2) is 11.5 Å². The lowest BCUT2D eigenvalue weighted by Gasteiger charge is -2.38. The van der Waals surface area contributed by atoms with E-state index in [1.165, 1.54) is 0 Å². The number of nitrogens with zero attached hydrogens (tertiary/aromatic N) is 3. The highest BCUT2D eigenvalue weighted by Gasteiger charge is 2.34. The number of rotatable bonds is 3. The lowest BCUT2D eigenvalue weighted by molar-refractivity contribution is -0.143. The Balaban J connectivity index is 1.11. The zero-order valence-corrected chi connectivity index (χ0v) is 21.0. The molecule has 1 fully saturated rings. The average molecular weight is 522 g/mol. The van der Waals surface area contributed by atoms with E-state index in [4.69, 9.17) is 21.1 Å². The first-order chi connectivity index (χ1) is 17.6. The van der Waals surface area contributed by atoms with E-state index in [1.54, 1.807) is 27.6 Å². The number of halogens is 1. The van der Waals surface area contributed by atoms with Gasteiger partial charge in [-0.15, -0.1) is 0 Å². The molecule has 9 heteroatoms. The second-order valence-electron chi connectivity index (χ2n) is 8.88. The summed E-state index contributed by atoms with van der Waals surface area (Å²) >= 11 is 7.93. The number of anilines is 2. The van der Waals surface area contributed by atoms with Crippen molar-refractivity contribution in [3.05, 3.63) is 71.8 Å². The third kappa shape index (κ3) is 4.40. The number of para-hydroxylation sites is 3. The predicted molar refractivity (Wildman–Crippen MR) is 139 cm³/mol. The van der Waals surface area contributed by atoms with E-state index < -0.39 is 6.10 Å². The molecule has 3 aromatic carbocycles. The summed E-state index contributed by atoms with van der Waals surface area (Å²) in [6, 6.07) is 20.9. The Labute approximate surface area is 218 Å². The number of carbonyl (C=O) groups is 2. The Bertz CT molecular complexity index is 1330. The van der Waals surface area contributed by atoms with Crippen LogP contribution in [0.5, 0.6) is 11.5 Å². The summed E-state index contributed by atoms with van der Waals surface area (Å²) in [5, 5.41) is 0.593. The summed E-state index contributed by atoms with van der Waals surface area (Å²) in [6.07, 6.45) is -0.656. The number of amides is 2. The number of hydrogen-bond acceptors (Lipinski definition) is 6. The van der Waals surface area contributed by atoms with Gasteiger partial charge in [0.05, 0.1) is 17.9 Å². The molecule has 2 amide bonds. The van der Waals surface area contributed by atoms with E-state index >= 15 is 0 Å². The van der Waals surface area contributed by atoms with Crippen LogP contribution in [0.4, 0.5) is 11.4 Å². The van der Waals surface area contributed by atoms with Gasteiger partial charge in [-0.25, -0.2) is 0 Å². The van der Waals surface area contributed by atoms with Crippen LogP contribution in [0.2, 0.25) is 5.02 Å². The first-order valence-corrected chi connectivity index (χ1v) is 13.1.